The first kappa shape index (κ1) is 7.49. The Kier molecular flexibility index (Phi) is 2.09. The lowest BCUT2D eigenvalue weighted by Gasteiger charge is -2.26. The number of halogens is 1. The average Bonchev–Trinajstić information content (AvgIpc) is 1.90. The van der Waals surface area contributed by atoms with Crippen molar-refractivity contribution in [2.75, 3.05) is 13.1 Å². The van der Waals surface area contributed by atoms with Gasteiger partial charge in [-0.05, 0) is 34.2 Å². The van der Waals surface area contributed by atoms with Gasteiger partial charge in [-0.3, -0.25) is 4.98 Å². The third-order valence-electron chi connectivity index (χ3n) is 2.00. The van der Waals surface area contributed by atoms with Crippen LogP contribution >= 0.6 is 22.6 Å². The summed E-state index contributed by atoms with van der Waals surface area (Å²) in [4.78, 5) is 4.24. The van der Waals surface area contributed by atoms with Gasteiger partial charge in [0, 0.05) is 25.2 Å². The van der Waals surface area contributed by atoms with Crippen molar-refractivity contribution in [2.24, 2.45) is 0 Å². The zero-order valence-corrected chi connectivity index (χ0v) is 8.21. The van der Waals surface area contributed by atoms with Gasteiger partial charge in [0.1, 0.15) is 3.70 Å². The molecule has 0 unspecified atom stereocenters. The van der Waals surface area contributed by atoms with Gasteiger partial charge in [0.25, 0.3) is 0 Å². The molecule has 1 fully saturated rings. The van der Waals surface area contributed by atoms with E-state index in [-0.39, 0.29) is 0 Å². The maximum absolute atomic E-state index is 4.24. The molecule has 1 aromatic heterocycles. The number of hydrogen-bond donors (Lipinski definition) is 1. The van der Waals surface area contributed by atoms with E-state index in [9.17, 15) is 0 Å². The van der Waals surface area contributed by atoms with Gasteiger partial charge in [0.15, 0.2) is 0 Å². The fourth-order valence-corrected chi connectivity index (χ4v) is 1.47. The van der Waals surface area contributed by atoms with Crippen molar-refractivity contribution in [1.29, 1.82) is 0 Å². The Morgan fingerprint density at radius 3 is 2.73 bits per heavy atom. The quantitative estimate of drug-likeness (QED) is 0.609. The molecule has 0 atom stereocenters. The van der Waals surface area contributed by atoms with Gasteiger partial charge in [-0.1, -0.05) is 6.07 Å². The van der Waals surface area contributed by atoms with Crippen molar-refractivity contribution in [1.82, 2.24) is 10.3 Å². The van der Waals surface area contributed by atoms with Gasteiger partial charge >= 0.3 is 0 Å². The van der Waals surface area contributed by atoms with Gasteiger partial charge in [0.05, 0.1) is 0 Å². The van der Waals surface area contributed by atoms with Crippen LogP contribution in [0.4, 0.5) is 0 Å². The van der Waals surface area contributed by atoms with Crippen molar-refractivity contribution in [3.8, 4) is 0 Å². The van der Waals surface area contributed by atoms with Gasteiger partial charge in [-0.25, -0.2) is 0 Å². The fraction of sp³-hybridized carbons (Fsp3) is 0.375. The van der Waals surface area contributed by atoms with Crippen molar-refractivity contribution in [3.63, 3.8) is 0 Å². The summed E-state index contributed by atoms with van der Waals surface area (Å²) in [5.74, 6) is 0.708. The molecule has 0 radical (unpaired) electrons. The molecule has 0 amide bonds. The molecule has 2 heterocycles. The van der Waals surface area contributed by atoms with Crippen LogP contribution in [0, 0.1) is 3.70 Å². The Hall–Kier alpha value is -0.160. The normalized spacial score (nSPS) is 17.9. The highest BCUT2D eigenvalue weighted by Crippen LogP contribution is 2.18. The first-order valence-electron chi connectivity index (χ1n) is 3.68. The molecular weight excluding hydrogens is 251 g/mol. The molecule has 2 rings (SSSR count). The highest BCUT2D eigenvalue weighted by Gasteiger charge is 2.18. The maximum Gasteiger partial charge on any atom is 0.101 e. The minimum atomic E-state index is 0.708. The van der Waals surface area contributed by atoms with Gasteiger partial charge in [0.2, 0.25) is 0 Å². The number of nitrogens with one attached hydrogen (secondary N) is 1. The second kappa shape index (κ2) is 3.06. The van der Waals surface area contributed by atoms with Gasteiger partial charge in [-0.2, -0.15) is 0 Å². The summed E-state index contributed by atoms with van der Waals surface area (Å²) < 4.78 is 1.07. The summed E-state index contributed by atoms with van der Waals surface area (Å²) >= 11 is 2.22. The molecule has 0 spiro atoms. The van der Waals surface area contributed by atoms with E-state index in [1.165, 1.54) is 5.56 Å². The van der Waals surface area contributed by atoms with E-state index in [0.29, 0.717) is 5.92 Å². The molecule has 1 saturated heterocycles. The summed E-state index contributed by atoms with van der Waals surface area (Å²) in [7, 11) is 0. The Balaban J connectivity index is 2.18. The van der Waals surface area contributed by atoms with Crippen LogP contribution in [0.2, 0.25) is 0 Å². The smallest absolute Gasteiger partial charge is 0.101 e. The van der Waals surface area contributed by atoms with E-state index >= 15 is 0 Å². The molecule has 1 aliphatic rings. The molecule has 3 heteroatoms. The maximum atomic E-state index is 4.24. The number of aromatic nitrogens is 1. The number of pyridine rings is 1. The zero-order chi connectivity index (χ0) is 7.68. The topological polar surface area (TPSA) is 24.9 Å². The van der Waals surface area contributed by atoms with E-state index in [1.807, 2.05) is 6.20 Å². The van der Waals surface area contributed by atoms with E-state index in [0.717, 1.165) is 16.8 Å². The highest BCUT2D eigenvalue weighted by molar-refractivity contribution is 14.1. The molecular formula is C8H9IN2. The predicted octanol–water partition coefficient (Wildman–Crippen LogP) is 1.37. The Bertz CT molecular complexity index is 241. The lowest BCUT2D eigenvalue weighted by Crippen LogP contribution is -2.39. The molecule has 1 N–H and O–H groups in total. The van der Waals surface area contributed by atoms with Crippen molar-refractivity contribution in [2.45, 2.75) is 5.92 Å². The van der Waals surface area contributed by atoms with E-state index in [1.54, 1.807) is 0 Å². The third kappa shape index (κ3) is 1.54. The Morgan fingerprint density at radius 2 is 2.27 bits per heavy atom. The first-order chi connectivity index (χ1) is 5.36. The van der Waals surface area contributed by atoms with Crippen LogP contribution in [0.5, 0.6) is 0 Å². The zero-order valence-electron chi connectivity index (χ0n) is 6.05. The Labute approximate surface area is 79.6 Å². The number of rotatable bonds is 1. The van der Waals surface area contributed by atoms with Crippen LogP contribution in [0.1, 0.15) is 11.5 Å². The van der Waals surface area contributed by atoms with Gasteiger partial charge in [-0.15, -0.1) is 0 Å². The molecule has 11 heavy (non-hydrogen) atoms. The van der Waals surface area contributed by atoms with E-state index in [2.05, 4.69) is 45.0 Å². The molecule has 0 aliphatic carbocycles. The predicted molar refractivity (Wildman–Crippen MR) is 52.6 cm³/mol. The molecule has 58 valence electrons. The summed E-state index contributed by atoms with van der Waals surface area (Å²) in [6.07, 6.45) is 1.98. The van der Waals surface area contributed by atoms with Crippen molar-refractivity contribution in [3.05, 3.63) is 27.6 Å². The molecule has 1 aromatic rings. The van der Waals surface area contributed by atoms with E-state index < -0.39 is 0 Å². The average molecular weight is 260 g/mol. The second-order valence-corrected chi connectivity index (χ2v) is 3.87. The standard InChI is InChI=1S/C8H9IN2/c9-8-2-1-6(5-11-8)7-3-10-4-7/h1-2,5,7,10H,3-4H2. The summed E-state index contributed by atoms with van der Waals surface area (Å²) in [6.45, 7) is 2.23. The van der Waals surface area contributed by atoms with Crippen LogP contribution in [-0.4, -0.2) is 18.1 Å². The van der Waals surface area contributed by atoms with Crippen molar-refractivity contribution >= 4 is 22.6 Å². The van der Waals surface area contributed by atoms with E-state index in [4.69, 9.17) is 0 Å². The highest BCUT2D eigenvalue weighted by atomic mass is 127. The van der Waals surface area contributed by atoms with Crippen LogP contribution in [-0.2, 0) is 0 Å². The summed E-state index contributed by atoms with van der Waals surface area (Å²) in [6, 6.07) is 4.23. The molecule has 0 aromatic carbocycles. The minimum Gasteiger partial charge on any atom is -0.315 e. The SMILES string of the molecule is Ic1ccc(C2CNC2)cn1. The van der Waals surface area contributed by atoms with Crippen LogP contribution in [0.15, 0.2) is 18.3 Å². The molecule has 2 nitrogen and oxygen atoms in total. The largest absolute Gasteiger partial charge is 0.315 e. The monoisotopic (exact) mass is 260 g/mol. The van der Waals surface area contributed by atoms with Crippen LogP contribution in [0.25, 0.3) is 0 Å². The Morgan fingerprint density at radius 1 is 1.45 bits per heavy atom. The van der Waals surface area contributed by atoms with Crippen molar-refractivity contribution < 1.29 is 0 Å². The fourth-order valence-electron chi connectivity index (χ4n) is 1.15. The van der Waals surface area contributed by atoms with Crippen LogP contribution < -0.4 is 5.32 Å². The van der Waals surface area contributed by atoms with Crippen LogP contribution in [0.3, 0.4) is 0 Å². The minimum absolute atomic E-state index is 0.708. The second-order valence-electron chi connectivity index (χ2n) is 2.77. The summed E-state index contributed by atoms with van der Waals surface area (Å²) in [5.41, 5.74) is 1.36. The first-order valence-corrected chi connectivity index (χ1v) is 4.76. The third-order valence-corrected chi connectivity index (χ3v) is 2.64. The van der Waals surface area contributed by atoms with Gasteiger partial charge < -0.3 is 5.32 Å². The number of nitrogens with zero attached hydrogens (tertiary/aromatic N) is 1. The molecule has 0 saturated carbocycles. The lowest BCUT2D eigenvalue weighted by atomic mass is 9.96. The molecule has 0 bridgehead atoms. The molecule has 1 aliphatic heterocycles. The summed E-state index contributed by atoms with van der Waals surface area (Å²) in [5, 5.41) is 3.24. The number of hydrogen-bond acceptors (Lipinski definition) is 2. The lowest BCUT2D eigenvalue weighted by molar-refractivity contribution is 0.447.